The summed E-state index contributed by atoms with van der Waals surface area (Å²) in [4.78, 5) is 14.2. The van der Waals surface area contributed by atoms with Crippen LogP contribution in [-0.2, 0) is 9.53 Å². The van der Waals surface area contributed by atoms with Crippen molar-refractivity contribution >= 4 is 11.7 Å². The van der Waals surface area contributed by atoms with Gasteiger partial charge in [-0.25, -0.2) is 4.79 Å². The molecular weight excluding hydrogens is 266 g/mol. The maximum atomic E-state index is 12.2. The molecule has 2 heterocycles. The summed E-state index contributed by atoms with van der Waals surface area (Å²) in [5.41, 5.74) is 2.67. The van der Waals surface area contributed by atoms with E-state index in [1.54, 1.807) is 0 Å². The van der Waals surface area contributed by atoms with E-state index in [2.05, 4.69) is 11.5 Å². The molecule has 0 saturated carbocycles. The zero-order chi connectivity index (χ0) is 15.0. The van der Waals surface area contributed by atoms with Crippen molar-refractivity contribution in [3.63, 3.8) is 0 Å². The molecule has 1 aromatic rings. The van der Waals surface area contributed by atoms with Crippen molar-refractivity contribution in [1.29, 1.82) is 0 Å². The SMILES string of the molecule is C=C[C@H]1CCC(C(=O)OCC)=C2Oc3c(C)cccc3N21. The van der Waals surface area contributed by atoms with Gasteiger partial charge >= 0.3 is 5.97 Å². The number of esters is 1. The Balaban J connectivity index is 2.11. The van der Waals surface area contributed by atoms with Crippen molar-refractivity contribution in [1.82, 2.24) is 0 Å². The third-order valence-corrected chi connectivity index (χ3v) is 3.94. The zero-order valence-corrected chi connectivity index (χ0v) is 12.4. The average molecular weight is 285 g/mol. The molecule has 0 aliphatic carbocycles. The summed E-state index contributed by atoms with van der Waals surface area (Å²) in [5, 5.41) is 0. The summed E-state index contributed by atoms with van der Waals surface area (Å²) in [6.07, 6.45) is 3.38. The van der Waals surface area contributed by atoms with Crippen molar-refractivity contribution in [3.8, 4) is 5.75 Å². The van der Waals surface area contributed by atoms with Gasteiger partial charge in [-0.05, 0) is 38.3 Å². The third kappa shape index (κ3) is 2.11. The number of fused-ring (bicyclic) bond motifs is 3. The van der Waals surface area contributed by atoms with E-state index in [9.17, 15) is 4.79 Å². The summed E-state index contributed by atoms with van der Waals surface area (Å²) in [6.45, 7) is 8.09. The number of carbonyl (C=O) groups excluding carboxylic acids is 1. The minimum Gasteiger partial charge on any atom is -0.462 e. The minimum absolute atomic E-state index is 0.140. The third-order valence-electron chi connectivity index (χ3n) is 3.94. The van der Waals surface area contributed by atoms with Gasteiger partial charge in [0.15, 0.2) is 5.75 Å². The van der Waals surface area contributed by atoms with Crippen LogP contribution in [0.4, 0.5) is 5.69 Å². The molecule has 0 fully saturated rings. The summed E-state index contributed by atoms with van der Waals surface area (Å²) >= 11 is 0. The van der Waals surface area contributed by atoms with Gasteiger partial charge < -0.3 is 14.4 Å². The molecule has 0 N–H and O–H groups in total. The Hall–Kier alpha value is -2.23. The van der Waals surface area contributed by atoms with Crippen LogP contribution in [0.25, 0.3) is 0 Å². The molecule has 2 aliphatic rings. The van der Waals surface area contributed by atoms with Gasteiger partial charge in [0.1, 0.15) is 0 Å². The summed E-state index contributed by atoms with van der Waals surface area (Å²) in [7, 11) is 0. The fourth-order valence-corrected chi connectivity index (χ4v) is 2.91. The maximum absolute atomic E-state index is 12.2. The second kappa shape index (κ2) is 5.28. The highest BCUT2D eigenvalue weighted by atomic mass is 16.5. The molecule has 0 aromatic heterocycles. The lowest BCUT2D eigenvalue weighted by Gasteiger charge is -2.32. The van der Waals surface area contributed by atoms with Crippen LogP contribution in [0, 0.1) is 6.92 Å². The van der Waals surface area contributed by atoms with Crippen molar-refractivity contribution in [2.75, 3.05) is 11.5 Å². The van der Waals surface area contributed by atoms with E-state index in [-0.39, 0.29) is 12.0 Å². The molecule has 4 nitrogen and oxygen atoms in total. The molecular formula is C17H19NO3. The Morgan fingerprint density at radius 2 is 2.38 bits per heavy atom. The molecule has 0 radical (unpaired) electrons. The number of hydrogen-bond donors (Lipinski definition) is 0. The predicted molar refractivity (Wildman–Crippen MR) is 81.2 cm³/mol. The van der Waals surface area contributed by atoms with E-state index < -0.39 is 0 Å². The van der Waals surface area contributed by atoms with Gasteiger partial charge in [-0.3, -0.25) is 0 Å². The molecule has 21 heavy (non-hydrogen) atoms. The second-order valence-corrected chi connectivity index (χ2v) is 5.24. The van der Waals surface area contributed by atoms with E-state index in [1.165, 1.54) is 0 Å². The molecule has 2 aliphatic heterocycles. The Bertz CT molecular complexity index is 633. The van der Waals surface area contributed by atoms with Crippen LogP contribution in [-0.4, -0.2) is 18.6 Å². The van der Waals surface area contributed by atoms with Gasteiger partial charge in [0.25, 0.3) is 0 Å². The highest BCUT2D eigenvalue weighted by molar-refractivity contribution is 5.91. The first-order chi connectivity index (χ1) is 10.2. The summed E-state index contributed by atoms with van der Waals surface area (Å²) < 4.78 is 11.2. The van der Waals surface area contributed by atoms with Crippen LogP contribution in [0.2, 0.25) is 0 Å². The average Bonchev–Trinajstić information content (AvgIpc) is 2.87. The number of carbonyl (C=O) groups is 1. The van der Waals surface area contributed by atoms with Crippen molar-refractivity contribution in [2.45, 2.75) is 32.7 Å². The van der Waals surface area contributed by atoms with Crippen LogP contribution in [0.1, 0.15) is 25.3 Å². The quantitative estimate of drug-likeness (QED) is 0.631. The van der Waals surface area contributed by atoms with Crippen molar-refractivity contribution in [2.24, 2.45) is 0 Å². The Morgan fingerprint density at radius 1 is 1.57 bits per heavy atom. The molecule has 4 heteroatoms. The maximum Gasteiger partial charge on any atom is 0.339 e. The molecule has 1 aromatic carbocycles. The van der Waals surface area contributed by atoms with Crippen LogP contribution >= 0.6 is 0 Å². The van der Waals surface area contributed by atoms with E-state index >= 15 is 0 Å². The topological polar surface area (TPSA) is 38.8 Å². The van der Waals surface area contributed by atoms with Gasteiger partial charge in [0, 0.05) is 0 Å². The zero-order valence-electron chi connectivity index (χ0n) is 12.4. The molecule has 1 atom stereocenters. The van der Waals surface area contributed by atoms with E-state index in [0.29, 0.717) is 24.5 Å². The van der Waals surface area contributed by atoms with Gasteiger partial charge in [-0.1, -0.05) is 18.2 Å². The number of hydrogen-bond acceptors (Lipinski definition) is 4. The number of para-hydroxylation sites is 1. The molecule has 0 saturated heterocycles. The van der Waals surface area contributed by atoms with Crippen LogP contribution < -0.4 is 9.64 Å². The number of ether oxygens (including phenoxy) is 2. The summed E-state index contributed by atoms with van der Waals surface area (Å²) in [5.74, 6) is 1.14. The fourth-order valence-electron chi connectivity index (χ4n) is 2.91. The number of aryl methyl sites for hydroxylation is 1. The monoisotopic (exact) mass is 285 g/mol. The van der Waals surface area contributed by atoms with Gasteiger partial charge in [-0.15, -0.1) is 6.58 Å². The van der Waals surface area contributed by atoms with Crippen molar-refractivity contribution < 1.29 is 14.3 Å². The van der Waals surface area contributed by atoms with Gasteiger partial charge in [0.05, 0.1) is 23.9 Å². The van der Waals surface area contributed by atoms with Crippen molar-refractivity contribution in [3.05, 3.63) is 47.9 Å². The lowest BCUT2D eigenvalue weighted by atomic mass is 9.99. The molecule has 3 rings (SSSR count). The second-order valence-electron chi connectivity index (χ2n) is 5.24. The van der Waals surface area contributed by atoms with E-state index in [0.717, 1.165) is 23.4 Å². The number of nitrogens with zero attached hydrogens (tertiary/aromatic N) is 1. The normalized spacial score (nSPS) is 19.7. The number of anilines is 1. The molecule has 0 amide bonds. The molecule has 0 bridgehead atoms. The highest BCUT2D eigenvalue weighted by Crippen LogP contribution is 2.46. The van der Waals surface area contributed by atoms with Gasteiger partial charge in [0.2, 0.25) is 5.88 Å². The van der Waals surface area contributed by atoms with Crippen LogP contribution in [0.15, 0.2) is 42.3 Å². The fraction of sp³-hybridized carbons (Fsp3) is 0.353. The first kappa shape index (κ1) is 13.7. The van der Waals surface area contributed by atoms with E-state index in [4.69, 9.17) is 9.47 Å². The first-order valence-electron chi connectivity index (χ1n) is 7.27. The minimum atomic E-state index is -0.287. The smallest absolute Gasteiger partial charge is 0.339 e. The lowest BCUT2D eigenvalue weighted by molar-refractivity contribution is -0.139. The molecule has 110 valence electrons. The van der Waals surface area contributed by atoms with Crippen LogP contribution in [0.3, 0.4) is 0 Å². The largest absolute Gasteiger partial charge is 0.462 e. The first-order valence-corrected chi connectivity index (χ1v) is 7.27. The molecule has 0 unspecified atom stereocenters. The number of benzene rings is 1. The Kier molecular flexibility index (Phi) is 3.45. The summed E-state index contributed by atoms with van der Waals surface area (Å²) in [6, 6.07) is 6.16. The van der Waals surface area contributed by atoms with Crippen LogP contribution in [0.5, 0.6) is 5.75 Å². The number of rotatable bonds is 3. The van der Waals surface area contributed by atoms with Gasteiger partial charge in [-0.2, -0.15) is 0 Å². The standard InChI is InChI=1S/C17H19NO3/c1-4-12-9-10-13(17(19)20-5-2)16-18(12)14-8-6-7-11(3)15(14)21-16/h4,6-8,12H,1,5,9-10H2,2-3H3/t12-/m0/s1. The predicted octanol–water partition coefficient (Wildman–Crippen LogP) is 3.32. The Morgan fingerprint density at radius 3 is 3.10 bits per heavy atom. The Labute approximate surface area is 124 Å². The molecule has 0 spiro atoms. The highest BCUT2D eigenvalue weighted by Gasteiger charge is 2.39. The van der Waals surface area contributed by atoms with E-state index in [1.807, 2.05) is 38.1 Å². The lowest BCUT2D eigenvalue weighted by Crippen LogP contribution is -2.37.